The number of anilines is 1. The normalized spacial score (nSPS) is 18.7. The van der Waals surface area contributed by atoms with Gasteiger partial charge in [0.05, 0.1) is 16.3 Å². The molecule has 4 nitrogen and oxygen atoms in total. The molecule has 172 valence electrons. The van der Waals surface area contributed by atoms with Crippen LogP contribution in [0.5, 0.6) is 0 Å². The van der Waals surface area contributed by atoms with E-state index in [0.717, 1.165) is 41.4 Å². The van der Waals surface area contributed by atoms with Crippen LogP contribution in [0.25, 0.3) is 0 Å². The number of benzene rings is 2. The molecule has 1 atom stereocenters. The number of halogens is 4. The zero-order chi connectivity index (χ0) is 23.9. The average molecular weight is 475 g/mol. The maximum atomic E-state index is 13.5. The number of carbonyl (C=O) groups excluding carboxylic acids is 2. The second-order valence-corrected chi connectivity index (χ2v) is 8.68. The summed E-state index contributed by atoms with van der Waals surface area (Å²) in [6, 6.07) is 10.3. The molecule has 2 N–H and O–H groups in total. The number of carbonyl (C=O) groups is 2. The number of Topliss-reactive ketones (excluding diaryl/α,β-unsaturated/α-hetero) is 1. The molecule has 1 amide bonds. The van der Waals surface area contributed by atoms with E-state index in [0.29, 0.717) is 24.1 Å². The minimum atomic E-state index is -4.58. The van der Waals surface area contributed by atoms with Crippen molar-refractivity contribution in [1.82, 2.24) is 5.32 Å². The molecule has 0 radical (unpaired) electrons. The predicted octanol–water partition coefficient (Wildman–Crippen LogP) is 6.27. The van der Waals surface area contributed by atoms with Crippen molar-refractivity contribution >= 4 is 29.0 Å². The quantitative estimate of drug-likeness (QED) is 0.551. The number of allylic oxidation sites excluding steroid dienone is 3. The van der Waals surface area contributed by atoms with Crippen molar-refractivity contribution in [2.75, 3.05) is 5.32 Å². The van der Waals surface area contributed by atoms with E-state index in [9.17, 15) is 22.8 Å². The first kappa shape index (κ1) is 23.1. The third-order valence-corrected chi connectivity index (χ3v) is 6.39. The Kier molecular flexibility index (Phi) is 6.10. The Morgan fingerprint density at radius 2 is 1.85 bits per heavy atom. The Labute approximate surface area is 194 Å². The first-order chi connectivity index (χ1) is 15.6. The fourth-order valence-corrected chi connectivity index (χ4v) is 4.66. The molecule has 2 aromatic carbocycles. The third kappa shape index (κ3) is 4.42. The van der Waals surface area contributed by atoms with E-state index < -0.39 is 23.6 Å². The van der Waals surface area contributed by atoms with Gasteiger partial charge >= 0.3 is 6.18 Å². The van der Waals surface area contributed by atoms with Gasteiger partial charge in [-0.2, -0.15) is 13.2 Å². The molecule has 0 spiro atoms. The third-order valence-electron chi connectivity index (χ3n) is 6.06. The van der Waals surface area contributed by atoms with E-state index in [1.54, 1.807) is 6.92 Å². The molecule has 1 heterocycles. The van der Waals surface area contributed by atoms with Gasteiger partial charge in [0.15, 0.2) is 5.78 Å². The smallest absolute Gasteiger partial charge is 0.362 e. The first-order valence-electron chi connectivity index (χ1n) is 10.6. The number of rotatable bonds is 3. The Morgan fingerprint density at radius 3 is 2.55 bits per heavy atom. The first-order valence-corrected chi connectivity index (χ1v) is 10.9. The Balaban J connectivity index is 1.79. The van der Waals surface area contributed by atoms with Crippen molar-refractivity contribution in [2.24, 2.45) is 0 Å². The van der Waals surface area contributed by atoms with Crippen LogP contribution in [0.1, 0.15) is 48.8 Å². The van der Waals surface area contributed by atoms with Crippen molar-refractivity contribution in [1.29, 1.82) is 0 Å². The average Bonchev–Trinajstić information content (AvgIpc) is 2.74. The van der Waals surface area contributed by atoms with E-state index in [-0.39, 0.29) is 22.1 Å². The summed E-state index contributed by atoms with van der Waals surface area (Å²) in [5.74, 6) is -1.27. The standard InChI is InChI=1S/C25H22ClF3N2O2/c1-13-6-3-4-7-16(13)22-21(14(2)30-18-8-5-9-20(32)23(18)22)24(33)31-19-12-15(25(27,28)29)10-11-17(19)26/h3-4,6-7,10-12,22,30H,5,8-9H2,1-2H3,(H,31,33). The van der Waals surface area contributed by atoms with E-state index in [4.69, 9.17) is 11.6 Å². The maximum absolute atomic E-state index is 13.5. The molecule has 0 bridgehead atoms. The number of dihydropyridines is 1. The molecule has 2 aliphatic rings. The fourth-order valence-electron chi connectivity index (χ4n) is 4.49. The van der Waals surface area contributed by atoms with Gasteiger partial charge in [-0.1, -0.05) is 35.9 Å². The summed E-state index contributed by atoms with van der Waals surface area (Å²) in [5, 5.41) is 5.73. The molecule has 1 aliphatic carbocycles. The highest BCUT2D eigenvalue weighted by molar-refractivity contribution is 6.34. The van der Waals surface area contributed by atoms with E-state index in [2.05, 4.69) is 10.6 Å². The number of nitrogens with one attached hydrogen (secondary N) is 2. The molecule has 0 aromatic heterocycles. The lowest BCUT2D eigenvalue weighted by Crippen LogP contribution is -2.35. The minimum absolute atomic E-state index is 0.0144. The van der Waals surface area contributed by atoms with Crippen LogP contribution in [-0.4, -0.2) is 11.7 Å². The van der Waals surface area contributed by atoms with Crippen LogP contribution in [0, 0.1) is 6.92 Å². The number of alkyl halides is 3. The van der Waals surface area contributed by atoms with Crippen LogP contribution in [0.2, 0.25) is 5.02 Å². The monoisotopic (exact) mass is 474 g/mol. The van der Waals surface area contributed by atoms with Gasteiger partial charge in [-0.25, -0.2) is 0 Å². The summed E-state index contributed by atoms with van der Waals surface area (Å²) < 4.78 is 39.6. The van der Waals surface area contributed by atoms with Gasteiger partial charge in [-0.3, -0.25) is 9.59 Å². The number of ketones is 1. The van der Waals surface area contributed by atoms with Gasteiger partial charge in [0.2, 0.25) is 0 Å². The molecule has 0 saturated heterocycles. The van der Waals surface area contributed by atoms with E-state index >= 15 is 0 Å². The summed E-state index contributed by atoms with van der Waals surface area (Å²) >= 11 is 6.10. The molecule has 2 aromatic rings. The molecular formula is C25H22ClF3N2O2. The van der Waals surface area contributed by atoms with Crippen molar-refractivity contribution in [3.05, 3.63) is 86.7 Å². The maximum Gasteiger partial charge on any atom is 0.416 e. The predicted molar refractivity (Wildman–Crippen MR) is 121 cm³/mol. The lowest BCUT2D eigenvalue weighted by Gasteiger charge is -2.35. The van der Waals surface area contributed by atoms with Crippen molar-refractivity contribution in [2.45, 2.75) is 45.2 Å². The van der Waals surface area contributed by atoms with Gasteiger partial charge < -0.3 is 10.6 Å². The molecular weight excluding hydrogens is 453 g/mol. The Hall–Kier alpha value is -3.06. The number of hydrogen-bond acceptors (Lipinski definition) is 3. The van der Waals surface area contributed by atoms with Crippen LogP contribution in [0.4, 0.5) is 18.9 Å². The lowest BCUT2D eigenvalue weighted by molar-refractivity contribution is -0.137. The summed E-state index contributed by atoms with van der Waals surface area (Å²) in [5.41, 5.74) is 2.83. The zero-order valence-electron chi connectivity index (χ0n) is 18.1. The second kappa shape index (κ2) is 8.71. The number of amides is 1. The largest absolute Gasteiger partial charge is 0.416 e. The topological polar surface area (TPSA) is 58.2 Å². The van der Waals surface area contributed by atoms with Crippen LogP contribution in [0.3, 0.4) is 0 Å². The van der Waals surface area contributed by atoms with Gasteiger partial charge in [0.25, 0.3) is 5.91 Å². The SMILES string of the molecule is CC1=C(C(=O)Nc2cc(C(F)(F)F)ccc2Cl)C(c2ccccc2C)C2=C(CCCC2=O)N1. The molecule has 1 unspecified atom stereocenters. The van der Waals surface area contributed by atoms with Gasteiger partial charge in [-0.05, 0) is 56.0 Å². The number of hydrogen-bond donors (Lipinski definition) is 2. The number of aryl methyl sites for hydroxylation is 1. The highest BCUT2D eigenvalue weighted by Gasteiger charge is 2.39. The summed E-state index contributed by atoms with van der Waals surface area (Å²) in [6.45, 7) is 3.64. The van der Waals surface area contributed by atoms with Crippen LogP contribution in [-0.2, 0) is 15.8 Å². The highest BCUT2D eigenvalue weighted by Crippen LogP contribution is 2.43. The molecule has 4 rings (SSSR count). The summed E-state index contributed by atoms with van der Waals surface area (Å²) in [7, 11) is 0. The Morgan fingerprint density at radius 1 is 1.12 bits per heavy atom. The lowest BCUT2D eigenvalue weighted by atomic mass is 9.74. The second-order valence-electron chi connectivity index (χ2n) is 8.27. The van der Waals surface area contributed by atoms with Crippen molar-refractivity contribution < 1.29 is 22.8 Å². The summed E-state index contributed by atoms with van der Waals surface area (Å²) in [6.07, 6.45) is -2.78. The Bertz CT molecular complexity index is 1210. The molecule has 33 heavy (non-hydrogen) atoms. The van der Waals surface area contributed by atoms with E-state index in [1.165, 1.54) is 0 Å². The van der Waals surface area contributed by atoms with Gasteiger partial charge in [-0.15, -0.1) is 0 Å². The molecule has 0 fully saturated rings. The molecule has 1 aliphatic heterocycles. The molecule has 8 heteroatoms. The van der Waals surface area contributed by atoms with E-state index in [1.807, 2.05) is 31.2 Å². The van der Waals surface area contributed by atoms with Crippen LogP contribution in [0.15, 0.2) is 65.0 Å². The fraction of sp³-hybridized carbons (Fsp3) is 0.280. The van der Waals surface area contributed by atoms with Gasteiger partial charge in [0.1, 0.15) is 0 Å². The van der Waals surface area contributed by atoms with Crippen LogP contribution < -0.4 is 10.6 Å². The summed E-state index contributed by atoms with van der Waals surface area (Å²) in [4.78, 5) is 26.5. The van der Waals surface area contributed by atoms with Crippen molar-refractivity contribution in [3.63, 3.8) is 0 Å². The molecule has 0 saturated carbocycles. The van der Waals surface area contributed by atoms with Crippen molar-refractivity contribution in [3.8, 4) is 0 Å². The highest BCUT2D eigenvalue weighted by atomic mass is 35.5. The zero-order valence-corrected chi connectivity index (χ0v) is 18.8. The minimum Gasteiger partial charge on any atom is -0.362 e. The van der Waals surface area contributed by atoms with Crippen LogP contribution >= 0.6 is 11.6 Å². The van der Waals surface area contributed by atoms with Gasteiger partial charge in [0, 0.05) is 34.9 Å².